The van der Waals surface area contributed by atoms with E-state index in [2.05, 4.69) is 65.8 Å². The van der Waals surface area contributed by atoms with Crippen LogP contribution in [0, 0.1) is 0 Å². The number of anilines is 2. The maximum absolute atomic E-state index is 10.9. The predicted molar refractivity (Wildman–Crippen MR) is 198 cm³/mol. The van der Waals surface area contributed by atoms with Gasteiger partial charge in [-0.1, -0.05) is 90.1 Å². The molecular weight excluding hydrogens is 596 g/mol. The molecule has 8 N–H and O–H groups in total. The third-order valence-electron chi connectivity index (χ3n) is 9.30. The Labute approximate surface area is 284 Å². The standard InChI is InChI=1S/C42H48N2O4/c1-41(2,3)29-17-35(31-13-9-7-11-25(31)21-45)39(43)37(19-29)33-15-28(24-48)34(16-27(33)23-47)38-20-30(42(4,5)6)18-36(40(38)44)32-14-10-8-12-26(32)22-46/h7-20,45-48H,21-24,43-44H2,1-6H3. The van der Waals surface area contributed by atoms with Crippen LogP contribution in [0.2, 0.25) is 0 Å². The van der Waals surface area contributed by atoms with Crippen LogP contribution in [0.5, 0.6) is 0 Å². The molecule has 0 spiro atoms. The maximum Gasteiger partial charge on any atom is 0.0688 e. The minimum absolute atomic E-state index is 0.129. The lowest BCUT2D eigenvalue weighted by atomic mass is 9.79. The molecule has 48 heavy (non-hydrogen) atoms. The van der Waals surface area contributed by atoms with Crippen LogP contribution in [0.1, 0.15) is 74.9 Å². The average Bonchev–Trinajstić information content (AvgIpc) is 3.07. The second-order valence-electron chi connectivity index (χ2n) is 14.6. The number of nitrogen functional groups attached to an aromatic ring is 2. The van der Waals surface area contributed by atoms with Crippen LogP contribution in [-0.2, 0) is 37.3 Å². The summed E-state index contributed by atoms with van der Waals surface area (Å²) in [6, 6.07) is 27.4. The first-order valence-corrected chi connectivity index (χ1v) is 16.4. The number of hydrogen-bond donors (Lipinski definition) is 6. The fourth-order valence-corrected chi connectivity index (χ4v) is 6.36. The normalized spacial score (nSPS) is 12.0. The highest BCUT2D eigenvalue weighted by Gasteiger charge is 2.25. The lowest BCUT2D eigenvalue weighted by Gasteiger charge is -2.26. The molecule has 5 rings (SSSR count). The topological polar surface area (TPSA) is 133 Å². The highest BCUT2D eigenvalue weighted by molar-refractivity contribution is 5.95. The minimum atomic E-state index is -0.269. The quantitative estimate of drug-likeness (QED) is 0.0947. The van der Waals surface area contributed by atoms with E-state index in [9.17, 15) is 20.4 Å². The van der Waals surface area contributed by atoms with E-state index in [4.69, 9.17) is 11.5 Å². The Morgan fingerprint density at radius 1 is 0.396 bits per heavy atom. The second kappa shape index (κ2) is 13.6. The van der Waals surface area contributed by atoms with E-state index in [-0.39, 0.29) is 37.3 Å². The van der Waals surface area contributed by atoms with Crippen molar-refractivity contribution in [3.05, 3.63) is 118 Å². The van der Waals surface area contributed by atoms with Gasteiger partial charge in [0.25, 0.3) is 0 Å². The number of nitrogens with two attached hydrogens (primary N) is 2. The molecule has 6 heteroatoms. The molecular formula is C42H48N2O4. The van der Waals surface area contributed by atoms with Crippen LogP contribution >= 0.6 is 0 Å². The number of benzene rings is 5. The number of hydrogen-bond acceptors (Lipinski definition) is 6. The highest BCUT2D eigenvalue weighted by Crippen LogP contribution is 2.46. The molecule has 5 aromatic carbocycles. The summed E-state index contributed by atoms with van der Waals surface area (Å²) in [7, 11) is 0. The van der Waals surface area contributed by atoms with Gasteiger partial charge in [-0.2, -0.15) is 0 Å². The molecule has 0 aliphatic heterocycles. The summed E-state index contributed by atoms with van der Waals surface area (Å²) in [5, 5.41) is 42.1. The van der Waals surface area contributed by atoms with E-state index in [0.717, 1.165) is 55.6 Å². The van der Waals surface area contributed by atoms with E-state index in [0.29, 0.717) is 33.6 Å². The van der Waals surface area contributed by atoms with E-state index in [1.165, 1.54) is 0 Å². The molecule has 0 aliphatic rings. The summed E-state index contributed by atoms with van der Waals surface area (Å²) in [5.74, 6) is 0. The summed E-state index contributed by atoms with van der Waals surface area (Å²) < 4.78 is 0. The third kappa shape index (κ3) is 6.62. The summed E-state index contributed by atoms with van der Waals surface area (Å²) in [4.78, 5) is 0. The molecule has 0 amide bonds. The Hall–Kier alpha value is -4.46. The minimum Gasteiger partial charge on any atom is -0.398 e. The molecule has 250 valence electrons. The Balaban J connectivity index is 1.82. The summed E-state index contributed by atoms with van der Waals surface area (Å²) in [5.41, 5.74) is 25.7. The predicted octanol–water partition coefficient (Wildman–Crippen LogP) is 8.08. The van der Waals surface area contributed by atoms with Crippen molar-refractivity contribution in [2.45, 2.75) is 78.8 Å². The molecule has 0 saturated carbocycles. The van der Waals surface area contributed by atoms with Gasteiger partial charge in [-0.15, -0.1) is 0 Å². The van der Waals surface area contributed by atoms with Gasteiger partial charge in [0.15, 0.2) is 0 Å². The molecule has 6 nitrogen and oxygen atoms in total. The van der Waals surface area contributed by atoms with Gasteiger partial charge in [0.05, 0.1) is 26.4 Å². The van der Waals surface area contributed by atoms with E-state index in [1.807, 2.05) is 60.7 Å². The lowest BCUT2D eigenvalue weighted by Crippen LogP contribution is -2.13. The monoisotopic (exact) mass is 644 g/mol. The fraction of sp³-hybridized carbons (Fsp3) is 0.286. The van der Waals surface area contributed by atoms with Gasteiger partial charge in [0, 0.05) is 33.6 Å². The van der Waals surface area contributed by atoms with Crippen molar-refractivity contribution in [3.63, 3.8) is 0 Å². The van der Waals surface area contributed by atoms with Gasteiger partial charge < -0.3 is 31.9 Å². The maximum atomic E-state index is 10.9. The van der Waals surface area contributed by atoms with Crippen molar-refractivity contribution in [2.24, 2.45) is 0 Å². The van der Waals surface area contributed by atoms with Crippen molar-refractivity contribution in [2.75, 3.05) is 11.5 Å². The molecule has 0 unspecified atom stereocenters. The molecule has 0 radical (unpaired) electrons. The van der Waals surface area contributed by atoms with Gasteiger partial charge in [-0.3, -0.25) is 0 Å². The molecule has 0 aromatic heterocycles. The first-order chi connectivity index (χ1) is 22.7. The smallest absolute Gasteiger partial charge is 0.0688 e. The molecule has 0 heterocycles. The van der Waals surface area contributed by atoms with E-state index < -0.39 is 0 Å². The van der Waals surface area contributed by atoms with Gasteiger partial charge >= 0.3 is 0 Å². The zero-order chi connectivity index (χ0) is 35.0. The van der Waals surface area contributed by atoms with Crippen LogP contribution in [0.15, 0.2) is 84.9 Å². The first kappa shape index (κ1) is 34.9. The van der Waals surface area contributed by atoms with Gasteiger partial charge in [0.2, 0.25) is 0 Å². The SMILES string of the molecule is CC(C)(C)c1cc(-c2ccccc2CO)c(N)c(-c2cc(CO)c(-c3cc(C(C)(C)C)cc(-c4ccccc4CO)c3N)cc2CO)c1. The molecule has 0 fully saturated rings. The van der Waals surface area contributed by atoms with Gasteiger partial charge in [-0.05, 0) is 103 Å². The molecule has 0 saturated heterocycles. The zero-order valence-corrected chi connectivity index (χ0v) is 28.9. The fourth-order valence-electron chi connectivity index (χ4n) is 6.36. The Morgan fingerprint density at radius 2 is 0.688 bits per heavy atom. The summed E-state index contributed by atoms with van der Waals surface area (Å²) >= 11 is 0. The van der Waals surface area contributed by atoms with Crippen LogP contribution in [0.25, 0.3) is 44.5 Å². The molecule has 5 aromatic rings. The van der Waals surface area contributed by atoms with Crippen LogP contribution in [0.3, 0.4) is 0 Å². The average molecular weight is 645 g/mol. The van der Waals surface area contributed by atoms with Crippen LogP contribution in [-0.4, -0.2) is 20.4 Å². The van der Waals surface area contributed by atoms with Crippen LogP contribution in [0.4, 0.5) is 11.4 Å². The Morgan fingerprint density at radius 3 is 0.979 bits per heavy atom. The zero-order valence-electron chi connectivity index (χ0n) is 28.9. The van der Waals surface area contributed by atoms with Gasteiger partial charge in [0.1, 0.15) is 0 Å². The largest absolute Gasteiger partial charge is 0.398 e. The second-order valence-corrected chi connectivity index (χ2v) is 14.6. The third-order valence-corrected chi connectivity index (χ3v) is 9.30. The van der Waals surface area contributed by atoms with Crippen molar-refractivity contribution >= 4 is 11.4 Å². The van der Waals surface area contributed by atoms with Crippen LogP contribution < -0.4 is 11.5 Å². The summed E-state index contributed by atoms with van der Waals surface area (Å²) in [6.45, 7) is 12.0. The van der Waals surface area contributed by atoms with E-state index in [1.54, 1.807) is 0 Å². The van der Waals surface area contributed by atoms with Crippen molar-refractivity contribution in [3.8, 4) is 44.5 Å². The Kier molecular flexibility index (Phi) is 9.86. The highest BCUT2D eigenvalue weighted by atomic mass is 16.3. The number of aliphatic hydroxyl groups is 4. The van der Waals surface area contributed by atoms with Crippen molar-refractivity contribution in [1.82, 2.24) is 0 Å². The number of rotatable bonds is 8. The Bertz CT molecular complexity index is 1820. The summed E-state index contributed by atoms with van der Waals surface area (Å²) in [6.07, 6.45) is 0. The molecule has 0 atom stereocenters. The van der Waals surface area contributed by atoms with E-state index >= 15 is 0 Å². The van der Waals surface area contributed by atoms with Gasteiger partial charge in [-0.25, -0.2) is 0 Å². The molecule has 0 aliphatic carbocycles. The number of aliphatic hydroxyl groups excluding tert-OH is 4. The van der Waals surface area contributed by atoms with Crippen molar-refractivity contribution in [1.29, 1.82) is 0 Å². The first-order valence-electron chi connectivity index (χ1n) is 16.4. The van der Waals surface area contributed by atoms with Crippen molar-refractivity contribution < 1.29 is 20.4 Å². The molecule has 0 bridgehead atoms. The lowest BCUT2D eigenvalue weighted by molar-refractivity contribution is 0.279.